The van der Waals surface area contributed by atoms with E-state index in [-0.39, 0.29) is 23.3 Å². The molecule has 0 fully saturated rings. The number of aryl methyl sites for hydroxylation is 1. The molecule has 2 amide bonds. The average molecular weight is 671 g/mol. The Morgan fingerprint density at radius 2 is 1.67 bits per heavy atom. The number of nitrogens with one attached hydrogen (secondary N) is 3. The predicted octanol–water partition coefficient (Wildman–Crippen LogP) is 5.62. The zero-order valence-electron chi connectivity index (χ0n) is 28.9. The summed E-state index contributed by atoms with van der Waals surface area (Å²) >= 11 is 0. The first-order valence-corrected chi connectivity index (χ1v) is 16.7. The molecule has 1 aliphatic rings. The van der Waals surface area contributed by atoms with Gasteiger partial charge in [0.2, 0.25) is 23.0 Å². The maximum Gasteiger partial charge on any atom is 0.220 e. The van der Waals surface area contributed by atoms with Gasteiger partial charge in [0.25, 0.3) is 0 Å². The van der Waals surface area contributed by atoms with Crippen molar-refractivity contribution in [1.82, 2.24) is 15.2 Å². The molecule has 11 nitrogen and oxygen atoms in total. The van der Waals surface area contributed by atoms with Gasteiger partial charge in [-0.05, 0) is 78.8 Å². The van der Waals surface area contributed by atoms with Crippen LogP contribution in [0.5, 0.6) is 23.0 Å². The lowest BCUT2D eigenvalue weighted by atomic mass is 9.95. The molecular weight excluding hydrogens is 624 g/mol. The van der Waals surface area contributed by atoms with Crippen LogP contribution in [0.2, 0.25) is 0 Å². The van der Waals surface area contributed by atoms with Crippen LogP contribution in [0.4, 0.5) is 5.69 Å². The molecule has 260 valence electrons. The van der Waals surface area contributed by atoms with Crippen molar-refractivity contribution in [3.05, 3.63) is 76.1 Å². The average Bonchev–Trinajstić information content (AvgIpc) is 3.37. The van der Waals surface area contributed by atoms with Crippen molar-refractivity contribution < 1.29 is 28.5 Å². The van der Waals surface area contributed by atoms with E-state index in [1.165, 1.54) is 6.92 Å². The molecule has 3 aromatic carbocycles. The van der Waals surface area contributed by atoms with Crippen LogP contribution in [0, 0.1) is 0 Å². The molecule has 49 heavy (non-hydrogen) atoms. The Kier molecular flexibility index (Phi) is 11.7. The van der Waals surface area contributed by atoms with Gasteiger partial charge in [0.1, 0.15) is 5.75 Å². The number of carbonyl (C=O) groups is 2. The van der Waals surface area contributed by atoms with Crippen LogP contribution in [0.25, 0.3) is 22.0 Å². The molecular formula is C38H46N4O7. The van der Waals surface area contributed by atoms with Gasteiger partial charge in [0.15, 0.2) is 11.5 Å². The highest BCUT2D eigenvalue weighted by molar-refractivity contribution is 5.86. The number of carbonyl (C=O) groups excluding carboxylic acids is 2. The molecule has 0 bridgehead atoms. The van der Waals surface area contributed by atoms with Crippen molar-refractivity contribution in [2.75, 3.05) is 46.8 Å². The normalized spacial score (nSPS) is 13.4. The van der Waals surface area contributed by atoms with Crippen molar-refractivity contribution in [3.8, 4) is 34.1 Å². The number of hydrogen-bond donors (Lipinski definition) is 3. The summed E-state index contributed by atoms with van der Waals surface area (Å²) in [5, 5.41) is 10.4. The number of rotatable bonds is 15. The highest BCUT2D eigenvalue weighted by Gasteiger charge is 2.29. The molecule has 3 N–H and O–H groups in total. The lowest BCUT2D eigenvalue weighted by Crippen LogP contribution is -2.26. The molecule has 0 saturated heterocycles. The first kappa shape index (κ1) is 35.1. The van der Waals surface area contributed by atoms with E-state index in [1.807, 2.05) is 42.6 Å². The first-order chi connectivity index (χ1) is 23.8. The number of aromatic nitrogens is 1. The van der Waals surface area contributed by atoms with Gasteiger partial charge in [0, 0.05) is 50.1 Å². The van der Waals surface area contributed by atoms with E-state index in [2.05, 4.69) is 20.5 Å². The fourth-order valence-corrected chi connectivity index (χ4v) is 6.64. The Bertz CT molecular complexity index is 1870. The third kappa shape index (κ3) is 7.93. The van der Waals surface area contributed by atoms with E-state index in [0.29, 0.717) is 67.4 Å². The van der Waals surface area contributed by atoms with Crippen molar-refractivity contribution in [3.63, 3.8) is 0 Å². The predicted molar refractivity (Wildman–Crippen MR) is 191 cm³/mol. The van der Waals surface area contributed by atoms with Crippen molar-refractivity contribution in [2.45, 2.75) is 58.0 Å². The molecule has 1 atom stereocenters. The van der Waals surface area contributed by atoms with E-state index in [4.69, 9.17) is 18.9 Å². The fraction of sp³-hybridized carbons (Fsp3) is 0.395. The SMILES string of the molecule is COc1cc2c(c(OC)c1OC)-c1ccc(NCCCCCC(=O)NCCn3ccc4c(OC)cccc43)c(=O)cc1C(NC(C)=O)CC2. The molecule has 1 unspecified atom stereocenters. The number of hydrogen-bond acceptors (Lipinski definition) is 8. The molecule has 1 heterocycles. The molecule has 5 rings (SSSR count). The lowest BCUT2D eigenvalue weighted by Gasteiger charge is -2.19. The quantitative estimate of drug-likeness (QED) is 0.139. The van der Waals surface area contributed by atoms with Crippen LogP contribution >= 0.6 is 0 Å². The second kappa shape index (κ2) is 16.3. The van der Waals surface area contributed by atoms with E-state index in [0.717, 1.165) is 52.6 Å². The van der Waals surface area contributed by atoms with Crippen LogP contribution in [-0.2, 0) is 22.6 Å². The second-order valence-electron chi connectivity index (χ2n) is 12.1. The van der Waals surface area contributed by atoms with Gasteiger partial charge < -0.3 is 39.5 Å². The fourth-order valence-electron chi connectivity index (χ4n) is 6.64. The van der Waals surface area contributed by atoms with Crippen molar-refractivity contribution in [2.24, 2.45) is 0 Å². The van der Waals surface area contributed by atoms with E-state index in [1.54, 1.807) is 40.6 Å². The third-order valence-corrected chi connectivity index (χ3v) is 8.98. The van der Waals surface area contributed by atoms with Crippen LogP contribution in [0.15, 0.2) is 59.5 Å². The molecule has 1 aliphatic carbocycles. The van der Waals surface area contributed by atoms with Gasteiger partial charge in [-0.15, -0.1) is 0 Å². The van der Waals surface area contributed by atoms with Crippen molar-refractivity contribution in [1.29, 1.82) is 0 Å². The van der Waals surface area contributed by atoms with E-state index >= 15 is 0 Å². The van der Waals surface area contributed by atoms with Gasteiger partial charge in [0.05, 0.1) is 45.7 Å². The summed E-state index contributed by atoms with van der Waals surface area (Å²) in [5.74, 6) is 2.21. The second-order valence-corrected chi connectivity index (χ2v) is 12.1. The maximum atomic E-state index is 13.5. The highest BCUT2D eigenvalue weighted by atomic mass is 16.5. The molecule has 1 aromatic heterocycles. The number of methoxy groups -OCH3 is 4. The Hall–Kier alpha value is -5.19. The number of amides is 2. The topological polar surface area (TPSA) is 129 Å². The summed E-state index contributed by atoms with van der Waals surface area (Å²) < 4.78 is 24.7. The Morgan fingerprint density at radius 3 is 2.41 bits per heavy atom. The molecule has 11 heteroatoms. The number of nitrogens with zero attached hydrogens (tertiary/aromatic N) is 1. The number of anilines is 1. The van der Waals surface area contributed by atoms with Gasteiger partial charge in [-0.1, -0.05) is 18.6 Å². The zero-order valence-corrected chi connectivity index (χ0v) is 28.9. The van der Waals surface area contributed by atoms with Crippen LogP contribution < -0.4 is 40.3 Å². The minimum atomic E-state index is -0.369. The molecule has 0 aliphatic heterocycles. The molecule has 4 aromatic rings. The first-order valence-electron chi connectivity index (χ1n) is 16.7. The number of ether oxygens (including phenoxy) is 4. The maximum absolute atomic E-state index is 13.5. The van der Waals surface area contributed by atoms with Gasteiger partial charge in [-0.2, -0.15) is 0 Å². The highest BCUT2D eigenvalue weighted by Crippen LogP contribution is 2.50. The Morgan fingerprint density at radius 1 is 0.878 bits per heavy atom. The number of fused-ring (bicyclic) bond motifs is 4. The monoisotopic (exact) mass is 670 g/mol. The minimum absolute atomic E-state index is 0.0270. The van der Waals surface area contributed by atoms with Gasteiger partial charge in [-0.3, -0.25) is 14.4 Å². The standard InChI is InChI=1S/C38H46N4O7/c1-24(43)41-29-15-13-25-22-34(47-3)37(48-4)38(49-5)36(25)26-14-16-30(32(44)23-28(26)29)39-18-8-6-7-12-35(45)40-19-21-42-20-17-27-31(42)10-9-11-33(27)46-2/h9-11,14,16-17,20,22-23,29H,6-8,12-13,15,18-19,21H2,1-5H3,(H,39,44)(H,40,45)(H,41,43). The Balaban J connectivity index is 1.20. The molecule has 0 saturated carbocycles. The number of benzene rings is 2. The summed E-state index contributed by atoms with van der Waals surface area (Å²) in [6, 6.07) is 14.8. The van der Waals surface area contributed by atoms with Gasteiger partial charge in [-0.25, -0.2) is 0 Å². The van der Waals surface area contributed by atoms with Crippen LogP contribution in [0.1, 0.15) is 56.2 Å². The van der Waals surface area contributed by atoms with E-state index < -0.39 is 0 Å². The summed E-state index contributed by atoms with van der Waals surface area (Å²) in [6.07, 6.45) is 6.06. The zero-order chi connectivity index (χ0) is 34.9. The summed E-state index contributed by atoms with van der Waals surface area (Å²) in [5.41, 5.74) is 4.64. The minimum Gasteiger partial charge on any atom is -0.496 e. The summed E-state index contributed by atoms with van der Waals surface area (Å²) in [4.78, 5) is 38.2. The largest absolute Gasteiger partial charge is 0.496 e. The van der Waals surface area contributed by atoms with Crippen molar-refractivity contribution >= 4 is 28.4 Å². The summed E-state index contributed by atoms with van der Waals surface area (Å²) in [6.45, 7) is 3.27. The lowest BCUT2D eigenvalue weighted by molar-refractivity contribution is -0.121. The van der Waals surface area contributed by atoms with Gasteiger partial charge >= 0.3 is 0 Å². The number of unbranched alkanes of at least 4 members (excludes halogenated alkanes) is 2. The molecule has 0 spiro atoms. The summed E-state index contributed by atoms with van der Waals surface area (Å²) in [7, 11) is 6.38. The smallest absolute Gasteiger partial charge is 0.220 e. The van der Waals surface area contributed by atoms with Crippen LogP contribution in [-0.4, -0.2) is 57.9 Å². The third-order valence-electron chi connectivity index (χ3n) is 8.98. The molecule has 0 radical (unpaired) electrons. The van der Waals surface area contributed by atoms with Crippen LogP contribution in [0.3, 0.4) is 0 Å². The van der Waals surface area contributed by atoms with E-state index in [9.17, 15) is 14.4 Å². The Labute approximate surface area is 286 Å².